The fourth-order valence-electron chi connectivity index (χ4n) is 3.64. The lowest BCUT2D eigenvalue weighted by atomic mass is 9.94. The van der Waals surface area contributed by atoms with E-state index < -0.39 is 0 Å². The van der Waals surface area contributed by atoms with E-state index in [0.717, 1.165) is 30.5 Å². The third-order valence-corrected chi connectivity index (χ3v) is 5.01. The quantitative estimate of drug-likeness (QED) is 0.667. The Labute approximate surface area is 156 Å². The number of carbonyl (C=O) groups is 1. The molecule has 1 aliphatic rings. The molecular weight excluding hydrogens is 343 g/mol. The number of halogens is 1. The van der Waals surface area contributed by atoms with E-state index in [0.29, 0.717) is 27.9 Å². The molecule has 0 bridgehead atoms. The third kappa shape index (κ3) is 3.36. The van der Waals surface area contributed by atoms with Crippen LogP contribution < -0.4 is 16.4 Å². The lowest BCUT2D eigenvalue weighted by Gasteiger charge is -2.15. The van der Waals surface area contributed by atoms with Gasteiger partial charge in [0.15, 0.2) is 0 Å². The topological polar surface area (TPSA) is 80.0 Å². The minimum absolute atomic E-state index is 0.0885. The molecular formula is C21H21FN4O. The van der Waals surface area contributed by atoms with Gasteiger partial charge in [0.1, 0.15) is 11.6 Å². The first kappa shape index (κ1) is 17.4. The third-order valence-electron chi connectivity index (χ3n) is 5.01. The van der Waals surface area contributed by atoms with Gasteiger partial charge in [0.25, 0.3) is 5.91 Å². The van der Waals surface area contributed by atoms with Crippen molar-refractivity contribution in [3.63, 3.8) is 0 Å². The fraction of sp³-hybridized carbons (Fsp3) is 0.238. The van der Waals surface area contributed by atoms with Crippen LogP contribution in [0.3, 0.4) is 0 Å². The molecule has 0 aliphatic carbocycles. The number of aryl methyl sites for hydroxylation is 1. The molecule has 0 saturated carbocycles. The SMILES string of the molecule is Cc1cccc(F)c1-c1cc(C(=O)N[C@H]2CCNC2)c2cc(N)ncc2c1. The second-order valence-electron chi connectivity index (χ2n) is 6.95. The number of anilines is 1. The standard InChI is InChI=1S/C21H21FN4O/c1-12-3-2-4-18(22)20(12)13-7-14-10-25-19(23)9-16(14)17(8-13)21(27)26-15-5-6-24-11-15/h2-4,7-10,15,24H,5-6,11H2,1H3,(H2,23,25)(H,26,27)/t15-/m0/s1. The molecule has 1 saturated heterocycles. The molecule has 2 heterocycles. The molecule has 0 radical (unpaired) electrons. The molecule has 4 rings (SSSR count). The van der Waals surface area contributed by atoms with Crippen LogP contribution in [0.4, 0.5) is 10.2 Å². The molecule has 1 amide bonds. The summed E-state index contributed by atoms with van der Waals surface area (Å²) in [5, 5.41) is 7.75. The van der Waals surface area contributed by atoms with Crippen LogP contribution in [0, 0.1) is 12.7 Å². The van der Waals surface area contributed by atoms with Crippen LogP contribution in [0.25, 0.3) is 21.9 Å². The summed E-state index contributed by atoms with van der Waals surface area (Å²) in [6.45, 7) is 3.49. The number of carbonyl (C=O) groups excluding carboxylic acids is 1. The largest absolute Gasteiger partial charge is 0.384 e. The summed E-state index contributed by atoms with van der Waals surface area (Å²) in [6, 6.07) is 10.3. The summed E-state index contributed by atoms with van der Waals surface area (Å²) in [6.07, 6.45) is 2.51. The Bertz CT molecular complexity index is 1010. The number of nitrogen functional groups attached to an aromatic ring is 1. The minimum Gasteiger partial charge on any atom is -0.384 e. The highest BCUT2D eigenvalue weighted by Crippen LogP contribution is 2.32. The molecule has 2 aromatic carbocycles. The molecule has 0 spiro atoms. The van der Waals surface area contributed by atoms with E-state index >= 15 is 0 Å². The van der Waals surface area contributed by atoms with Gasteiger partial charge in [-0.25, -0.2) is 9.37 Å². The maximum atomic E-state index is 14.5. The summed E-state index contributed by atoms with van der Waals surface area (Å²) < 4.78 is 14.5. The van der Waals surface area contributed by atoms with E-state index in [-0.39, 0.29) is 17.8 Å². The second-order valence-corrected chi connectivity index (χ2v) is 6.95. The van der Waals surface area contributed by atoms with Crippen molar-refractivity contribution in [2.75, 3.05) is 18.8 Å². The Kier molecular flexibility index (Phi) is 4.49. The number of hydrogen-bond acceptors (Lipinski definition) is 4. The van der Waals surface area contributed by atoms with Gasteiger partial charge in [-0.05, 0) is 60.7 Å². The highest BCUT2D eigenvalue weighted by atomic mass is 19.1. The van der Waals surface area contributed by atoms with Crippen molar-refractivity contribution >= 4 is 22.5 Å². The van der Waals surface area contributed by atoms with Crippen LogP contribution in [0.1, 0.15) is 22.3 Å². The van der Waals surface area contributed by atoms with Gasteiger partial charge in [-0.3, -0.25) is 4.79 Å². The Morgan fingerprint density at radius 3 is 2.93 bits per heavy atom. The molecule has 1 fully saturated rings. The van der Waals surface area contributed by atoms with E-state index in [2.05, 4.69) is 15.6 Å². The van der Waals surface area contributed by atoms with Gasteiger partial charge in [-0.2, -0.15) is 0 Å². The second kappa shape index (κ2) is 6.96. The van der Waals surface area contributed by atoms with E-state index in [1.165, 1.54) is 6.07 Å². The molecule has 1 aromatic heterocycles. The minimum atomic E-state index is -0.316. The first-order valence-corrected chi connectivity index (χ1v) is 8.99. The van der Waals surface area contributed by atoms with Crippen LogP contribution >= 0.6 is 0 Å². The summed E-state index contributed by atoms with van der Waals surface area (Å²) in [5.41, 5.74) is 8.27. The van der Waals surface area contributed by atoms with Gasteiger partial charge in [-0.15, -0.1) is 0 Å². The monoisotopic (exact) mass is 364 g/mol. The maximum Gasteiger partial charge on any atom is 0.252 e. The Hall–Kier alpha value is -2.99. The zero-order valence-electron chi connectivity index (χ0n) is 15.1. The van der Waals surface area contributed by atoms with Crippen molar-refractivity contribution in [1.29, 1.82) is 0 Å². The summed E-state index contributed by atoms with van der Waals surface area (Å²) in [7, 11) is 0. The number of nitrogens with zero attached hydrogens (tertiary/aromatic N) is 1. The van der Waals surface area contributed by atoms with Gasteiger partial charge in [0.2, 0.25) is 0 Å². The highest BCUT2D eigenvalue weighted by molar-refractivity contribution is 6.09. The highest BCUT2D eigenvalue weighted by Gasteiger charge is 2.21. The van der Waals surface area contributed by atoms with Crippen molar-refractivity contribution < 1.29 is 9.18 Å². The van der Waals surface area contributed by atoms with Crippen molar-refractivity contribution in [2.24, 2.45) is 0 Å². The number of nitrogens with two attached hydrogens (primary N) is 1. The number of fused-ring (bicyclic) bond motifs is 1. The molecule has 6 heteroatoms. The lowest BCUT2D eigenvalue weighted by molar-refractivity contribution is 0.0942. The smallest absolute Gasteiger partial charge is 0.252 e. The normalized spacial score (nSPS) is 16.6. The van der Waals surface area contributed by atoms with E-state index in [9.17, 15) is 9.18 Å². The number of rotatable bonds is 3. The number of aromatic nitrogens is 1. The molecule has 4 N–H and O–H groups in total. The van der Waals surface area contributed by atoms with E-state index in [4.69, 9.17) is 5.73 Å². The molecule has 3 aromatic rings. The van der Waals surface area contributed by atoms with E-state index in [1.807, 2.05) is 19.1 Å². The average Bonchev–Trinajstić information content (AvgIpc) is 3.14. The molecule has 138 valence electrons. The van der Waals surface area contributed by atoms with Gasteiger partial charge in [-0.1, -0.05) is 12.1 Å². The van der Waals surface area contributed by atoms with Gasteiger partial charge in [0, 0.05) is 35.3 Å². The van der Waals surface area contributed by atoms with Crippen LogP contribution in [-0.2, 0) is 0 Å². The summed E-state index contributed by atoms with van der Waals surface area (Å²) in [4.78, 5) is 17.1. The number of hydrogen-bond donors (Lipinski definition) is 3. The predicted molar refractivity (Wildman–Crippen MR) is 105 cm³/mol. The van der Waals surface area contributed by atoms with E-state index in [1.54, 1.807) is 24.4 Å². The Morgan fingerprint density at radius 1 is 1.33 bits per heavy atom. The van der Waals surface area contributed by atoms with Crippen molar-refractivity contribution in [2.45, 2.75) is 19.4 Å². The van der Waals surface area contributed by atoms with Crippen LogP contribution in [-0.4, -0.2) is 30.0 Å². The van der Waals surface area contributed by atoms with Crippen molar-refractivity contribution in [3.8, 4) is 11.1 Å². The zero-order chi connectivity index (χ0) is 19.0. The van der Waals surface area contributed by atoms with Gasteiger partial charge in [0.05, 0.1) is 0 Å². The first-order valence-electron chi connectivity index (χ1n) is 8.99. The molecule has 5 nitrogen and oxygen atoms in total. The molecule has 1 atom stereocenters. The fourth-order valence-corrected chi connectivity index (χ4v) is 3.64. The Morgan fingerprint density at radius 2 is 2.19 bits per heavy atom. The molecule has 27 heavy (non-hydrogen) atoms. The molecule has 1 aliphatic heterocycles. The van der Waals surface area contributed by atoms with Crippen LogP contribution in [0.15, 0.2) is 42.6 Å². The van der Waals surface area contributed by atoms with Crippen LogP contribution in [0.5, 0.6) is 0 Å². The maximum absolute atomic E-state index is 14.5. The van der Waals surface area contributed by atoms with Gasteiger partial charge >= 0.3 is 0 Å². The van der Waals surface area contributed by atoms with Gasteiger partial charge < -0.3 is 16.4 Å². The Balaban J connectivity index is 1.87. The summed E-state index contributed by atoms with van der Waals surface area (Å²) in [5.74, 6) is -0.159. The zero-order valence-corrected chi connectivity index (χ0v) is 15.1. The lowest BCUT2D eigenvalue weighted by Crippen LogP contribution is -2.36. The van der Waals surface area contributed by atoms with Crippen LogP contribution in [0.2, 0.25) is 0 Å². The molecule has 0 unspecified atom stereocenters. The number of benzene rings is 2. The number of amides is 1. The number of pyridine rings is 1. The van der Waals surface area contributed by atoms with Crippen molar-refractivity contribution in [1.82, 2.24) is 15.6 Å². The number of nitrogens with one attached hydrogen (secondary N) is 2. The first-order chi connectivity index (χ1) is 13.0. The predicted octanol–water partition coefficient (Wildman–Crippen LogP) is 3.02. The average molecular weight is 364 g/mol. The van der Waals surface area contributed by atoms with Crippen molar-refractivity contribution in [3.05, 3.63) is 59.5 Å². The summed E-state index contributed by atoms with van der Waals surface area (Å²) >= 11 is 0.